The number of nitrogens with zero attached hydrogens (tertiary/aromatic N) is 2. The Balaban J connectivity index is 1.38. The van der Waals surface area contributed by atoms with Gasteiger partial charge >= 0.3 is 0 Å². The second kappa shape index (κ2) is 9.52. The maximum atomic E-state index is 12.9. The molecule has 1 aliphatic carbocycles. The van der Waals surface area contributed by atoms with E-state index in [1.54, 1.807) is 31.2 Å². The quantitative estimate of drug-likeness (QED) is 0.323. The molecule has 0 atom stereocenters. The Morgan fingerprint density at radius 3 is 2.69 bits per heavy atom. The Bertz CT molecular complexity index is 1510. The molecule has 35 heavy (non-hydrogen) atoms. The molecule has 4 aromatic rings. The Morgan fingerprint density at radius 1 is 1.03 bits per heavy atom. The Labute approximate surface area is 211 Å². The number of hydrazone groups is 1. The Kier molecular flexibility index (Phi) is 6.28. The third-order valence-electron chi connectivity index (χ3n) is 5.83. The van der Waals surface area contributed by atoms with Crippen LogP contribution in [0.5, 0.6) is 0 Å². The van der Waals surface area contributed by atoms with Gasteiger partial charge in [-0.15, -0.1) is 0 Å². The van der Waals surface area contributed by atoms with Gasteiger partial charge in [0.1, 0.15) is 11.5 Å². The number of aromatic nitrogens is 1. The van der Waals surface area contributed by atoms with E-state index in [4.69, 9.17) is 27.6 Å². The van der Waals surface area contributed by atoms with Gasteiger partial charge in [0.15, 0.2) is 5.76 Å². The van der Waals surface area contributed by atoms with Crippen molar-refractivity contribution in [2.24, 2.45) is 5.10 Å². The molecular formula is C26H20Cl2N4O3. The molecule has 5 rings (SSSR count). The average Bonchev–Trinajstić information content (AvgIpc) is 3.21. The van der Waals surface area contributed by atoms with Crippen LogP contribution in [0.4, 0.5) is 5.69 Å². The smallest absolute Gasteiger partial charge is 0.291 e. The summed E-state index contributed by atoms with van der Waals surface area (Å²) in [6.07, 6.45) is 2.10. The van der Waals surface area contributed by atoms with Crippen molar-refractivity contribution in [1.82, 2.24) is 10.4 Å². The summed E-state index contributed by atoms with van der Waals surface area (Å²) in [5.74, 6) is 0.00724. The van der Waals surface area contributed by atoms with Gasteiger partial charge in [0.25, 0.3) is 11.8 Å². The predicted molar refractivity (Wildman–Crippen MR) is 137 cm³/mol. The highest BCUT2D eigenvalue weighted by Crippen LogP contribution is 2.31. The zero-order valence-corrected chi connectivity index (χ0v) is 20.2. The molecule has 2 heterocycles. The minimum Gasteiger partial charge on any atom is -0.455 e. The molecule has 1 aliphatic rings. The molecule has 0 fully saturated rings. The number of benzene rings is 2. The van der Waals surface area contributed by atoms with E-state index >= 15 is 0 Å². The largest absolute Gasteiger partial charge is 0.455 e. The highest BCUT2D eigenvalue weighted by molar-refractivity contribution is 6.36. The number of halogens is 2. The maximum Gasteiger partial charge on any atom is 0.291 e. The number of hydrogen-bond donors (Lipinski definition) is 2. The summed E-state index contributed by atoms with van der Waals surface area (Å²) >= 11 is 12.1. The van der Waals surface area contributed by atoms with Crippen molar-refractivity contribution in [3.63, 3.8) is 0 Å². The fraction of sp³-hybridized carbons (Fsp3) is 0.154. The van der Waals surface area contributed by atoms with Crippen molar-refractivity contribution in [3.05, 3.63) is 93.0 Å². The molecular weight excluding hydrogens is 487 g/mol. The van der Waals surface area contributed by atoms with E-state index in [0.29, 0.717) is 45.6 Å². The molecule has 0 saturated heterocycles. The monoisotopic (exact) mass is 506 g/mol. The van der Waals surface area contributed by atoms with Crippen molar-refractivity contribution in [1.29, 1.82) is 0 Å². The second-order valence-electron chi connectivity index (χ2n) is 8.17. The van der Waals surface area contributed by atoms with Crippen LogP contribution in [0.25, 0.3) is 10.9 Å². The number of para-hydroxylation sites is 1. The topological polar surface area (TPSA) is 96.6 Å². The van der Waals surface area contributed by atoms with Gasteiger partial charge < -0.3 is 9.73 Å². The van der Waals surface area contributed by atoms with E-state index < -0.39 is 11.8 Å². The molecule has 0 unspecified atom stereocenters. The molecule has 0 spiro atoms. The van der Waals surface area contributed by atoms with Crippen molar-refractivity contribution in [2.45, 2.75) is 26.2 Å². The molecule has 7 nitrogen and oxygen atoms in total. The number of anilines is 1. The van der Waals surface area contributed by atoms with Crippen molar-refractivity contribution in [2.75, 3.05) is 5.32 Å². The van der Waals surface area contributed by atoms with Crippen LogP contribution in [0.3, 0.4) is 0 Å². The van der Waals surface area contributed by atoms with Gasteiger partial charge in [0, 0.05) is 28.0 Å². The molecule has 2 aromatic heterocycles. The highest BCUT2D eigenvalue weighted by Gasteiger charge is 2.28. The number of aryl methyl sites for hydroxylation is 1. The minimum atomic E-state index is -0.426. The van der Waals surface area contributed by atoms with Gasteiger partial charge in [-0.05, 0) is 50.1 Å². The summed E-state index contributed by atoms with van der Waals surface area (Å²) in [5, 5.41) is 8.88. The third-order valence-corrected chi connectivity index (χ3v) is 6.38. The van der Waals surface area contributed by atoms with Crippen molar-refractivity contribution in [3.8, 4) is 0 Å². The summed E-state index contributed by atoms with van der Waals surface area (Å²) in [4.78, 5) is 30.1. The van der Waals surface area contributed by atoms with E-state index in [1.165, 1.54) is 0 Å². The van der Waals surface area contributed by atoms with Crippen LogP contribution >= 0.6 is 23.2 Å². The van der Waals surface area contributed by atoms with Gasteiger partial charge in [-0.2, -0.15) is 5.10 Å². The number of carbonyl (C=O) groups excluding carboxylic acids is 2. The number of hydrogen-bond acceptors (Lipinski definition) is 5. The molecule has 0 bridgehead atoms. The van der Waals surface area contributed by atoms with E-state index in [9.17, 15) is 9.59 Å². The van der Waals surface area contributed by atoms with E-state index in [2.05, 4.69) is 20.8 Å². The lowest BCUT2D eigenvalue weighted by molar-refractivity contribution is 0.0949. The van der Waals surface area contributed by atoms with Crippen molar-refractivity contribution < 1.29 is 14.0 Å². The van der Waals surface area contributed by atoms with Crippen LogP contribution in [0.2, 0.25) is 10.0 Å². The SMILES string of the molecule is Cc1c(C(=O)Nc2ccc(Cl)cc2Cl)oc2c1/C(=N/NC(=O)c1ccc3ccccc3n1)CCC2. The highest BCUT2D eigenvalue weighted by atomic mass is 35.5. The standard InChI is InChI=1S/C26H20Cl2N4O3/c1-14-23-20(31-32-25(33)21-11-9-15-5-2-3-6-18(15)29-21)7-4-8-22(23)35-24(14)26(34)30-19-12-10-16(27)13-17(19)28/h2-3,5-6,9-13H,4,7-8H2,1H3,(H,30,34)(H,32,33)/b31-20+. The summed E-state index contributed by atoms with van der Waals surface area (Å²) in [5.41, 5.74) is 6.09. The van der Waals surface area contributed by atoms with Gasteiger partial charge in [-0.25, -0.2) is 10.4 Å². The Hall–Kier alpha value is -3.68. The van der Waals surface area contributed by atoms with Gasteiger partial charge in [0.05, 0.1) is 21.9 Å². The van der Waals surface area contributed by atoms with Crippen LogP contribution < -0.4 is 10.7 Å². The first-order valence-electron chi connectivity index (χ1n) is 11.0. The molecule has 0 saturated carbocycles. The number of pyridine rings is 1. The zero-order valence-electron chi connectivity index (χ0n) is 18.7. The van der Waals surface area contributed by atoms with Gasteiger partial charge in [-0.1, -0.05) is 47.5 Å². The van der Waals surface area contributed by atoms with Crippen LogP contribution in [0.1, 0.15) is 50.8 Å². The molecule has 9 heteroatoms. The summed E-state index contributed by atoms with van der Waals surface area (Å²) < 4.78 is 5.92. The lowest BCUT2D eigenvalue weighted by Gasteiger charge is -2.13. The van der Waals surface area contributed by atoms with Crippen LogP contribution in [0, 0.1) is 6.92 Å². The summed E-state index contributed by atoms with van der Waals surface area (Å²) in [6, 6.07) is 15.9. The van der Waals surface area contributed by atoms with Crippen LogP contribution in [0.15, 0.2) is 64.1 Å². The number of nitrogens with one attached hydrogen (secondary N) is 2. The Morgan fingerprint density at radius 2 is 1.86 bits per heavy atom. The fourth-order valence-corrected chi connectivity index (χ4v) is 4.59. The number of furan rings is 1. The second-order valence-corrected chi connectivity index (χ2v) is 9.02. The summed E-state index contributed by atoms with van der Waals surface area (Å²) in [7, 11) is 0. The maximum absolute atomic E-state index is 12.9. The molecule has 2 aromatic carbocycles. The first-order chi connectivity index (χ1) is 16.9. The van der Waals surface area contributed by atoms with E-state index in [-0.39, 0.29) is 11.5 Å². The molecule has 176 valence electrons. The fourth-order valence-electron chi connectivity index (χ4n) is 4.13. The molecule has 2 N–H and O–H groups in total. The average molecular weight is 507 g/mol. The number of fused-ring (bicyclic) bond motifs is 2. The molecule has 0 radical (unpaired) electrons. The van der Waals surface area contributed by atoms with Crippen molar-refractivity contribution >= 4 is 57.3 Å². The normalized spacial score (nSPS) is 14.1. The van der Waals surface area contributed by atoms with Crippen LogP contribution in [-0.2, 0) is 6.42 Å². The predicted octanol–water partition coefficient (Wildman–Crippen LogP) is 6.17. The lowest BCUT2D eigenvalue weighted by Crippen LogP contribution is -2.23. The molecule has 0 aliphatic heterocycles. The number of rotatable bonds is 4. The third kappa shape index (κ3) is 4.65. The minimum absolute atomic E-state index is 0.179. The number of carbonyl (C=O) groups is 2. The zero-order chi connectivity index (χ0) is 24.5. The number of amides is 2. The lowest BCUT2D eigenvalue weighted by atomic mass is 9.93. The summed E-state index contributed by atoms with van der Waals surface area (Å²) in [6.45, 7) is 1.80. The van der Waals surface area contributed by atoms with E-state index in [0.717, 1.165) is 22.9 Å². The first-order valence-corrected chi connectivity index (χ1v) is 11.8. The molecule has 2 amide bonds. The first kappa shape index (κ1) is 23.1. The van der Waals surface area contributed by atoms with Gasteiger partial charge in [0.2, 0.25) is 0 Å². The van der Waals surface area contributed by atoms with E-state index in [1.807, 2.05) is 30.3 Å². The van der Waals surface area contributed by atoms with Crippen LogP contribution in [-0.4, -0.2) is 22.5 Å². The van der Waals surface area contributed by atoms with Gasteiger partial charge in [-0.3, -0.25) is 9.59 Å².